The zero-order valence-electron chi connectivity index (χ0n) is 8.58. The topological polar surface area (TPSA) is 51.2 Å². The molecule has 17 heavy (non-hydrogen) atoms. The quantitative estimate of drug-likeness (QED) is 0.625. The normalized spacial score (nSPS) is 12.7. The van der Waals surface area contributed by atoms with Crippen LogP contribution in [-0.2, 0) is 0 Å². The number of halogens is 3. The Hall–Kier alpha value is -0.330. The fourth-order valence-electron chi connectivity index (χ4n) is 1.55. The van der Waals surface area contributed by atoms with E-state index in [-0.39, 0.29) is 6.04 Å². The van der Waals surface area contributed by atoms with E-state index < -0.39 is 0 Å². The van der Waals surface area contributed by atoms with Gasteiger partial charge in [-0.05, 0) is 39.7 Å². The second-order valence-corrected chi connectivity index (χ2v) is 5.58. The molecule has 0 aliphatic heterocycles. The van der Waals surface area contributed by atoms with Crippen LogP contribution in [0.4, 0.5) is 0 Å². The summed E-state index contributed by atoms with van der Waals surface area (Å²) in [6.45, 7) is 0. The lowest BCUT2D eigenvalue weighted by molar-refractivity contribution is 0.450. The third kappa shape index (κ3) is 2.74. The van der Waals surface area contributed by atoms with Crippen molar-refractivity contribution in [3.8, 4) is 0 Å². The van der Waals surface area contributed by atoms with E-state index in [2.05, 4.69) is 37.3 Å². The minimum Gasteiger partial charge on any atom is -0.466 e. The number of rotatable bonds is 3. The van der Waals surface area contributed by atoms with Crippen LogP contribution in [0.5, 0.6) is 0 Å². The first-order valence-electron chi connectivity index (χ1n) is 4.77. The molecule has 0 bridgehead atoms. The summed E-state index contributed by atoms with van der Waals surface area (Å²) in [4.78, 5) is 0. The molecule has 1 heterocycles. The highest BCUT2D eigenvalue weighted by molar-refractivity contribution is 9.10. The third-order valence-electron chi connectivity index (χ3n) is 2.35. The van der Waals surface area contributed by atoms with E-state index in [1.165, 1.54) is 0 Å². The first kappa shape index (κ1) is 13.1. The average molecular weight is 380 g/mol. The van der Waals surface area contributed by atoms with Gasteiger partial charge in [0.25, 0.3) is 0 Å². The van der Waals surface area contributed by atoms with Crippen LogP contribution in [0.25, 0.3) is 0 Å². The van der Waals surface area contributed by atoms with Gasteiger partial charge in [0.2, 0.25) is 0 Å². The highest BCUT2D eigenvalue weighted by Crippen LogP contribution is 2.33. The summed E-state index contributed by atoms with van der Waals surface area (Å²) in [6, 6.07) is 7.14. The summed E-state index contributed by atoms with van der Waals surface area (Å²) in [7, 11) is 0. The summed E-state index contributed by atoms with van der Waals surface area (Å²) in [5.74, 6) is 6.26. The molecule has 3 N–H and O–H groups in total. The number of furan rings is 1. The fraction of sp³-hybridized carbons (Fsp3) is 0.0909. The van der Waals surface area contributed by atoms with Crippen molar-refractivity contribution in [1.29, 1.82) is 0 Å². The third-order valence-corrected chi connectivity index (χ3v) is 3.82. The van der Waals surface area contributed by atoms with Crippen LogP contribution >= 0.6 is 43.5 Å². The van der Waals surface area contributed by atoms with Crippen molar-refractivity contribution in [3.63, 3.8) is 0 Å². The molecule has 90 valence electrons. The Labute approximate surface area is 121 Å². The van der Waals surface area contributed by atoms with Crippen molar-refractivity contribution in [2.75, 3.05) is 0 Å². The van der Waals surface area contributed by atoms with E-state index >= 15 is 0 Å². The molecule has 6 heteroatoms. The van der Waals surface area contributed by atoms with E-state index in [4.69, 9.17) is 21.9 Å². The largest absolute Gasteiger partial charge is 0.466 e. The zero-order chi connectivity index (χ0) is 12.4. The maximum Gasteiger partial charge on any atom is 0.140 e. The Morgan fingerprint density at radius 2 is 2.06 bits per heavy atom. The molecule has 1 aromatic carbocycles. The van der Waals surface area contributed by atoms with Crippen LogP contribution in [0.15, 0.2) is 43.9 Å². The highest BCUT2D eigenvalue weighted by atomic mass is 79.9. The van der Waals surface area contributed by atoms with E-state index in [0.717, 1.165) is 14.5 Å². The maximum absolute atomic E-state index is 6.19. The molecule has 0 saturated heterocycles. The van der Waals surface area contributed by atoms with Gasteiger partial charge in [-0.2, -0.15) is 0 Å². The molecule has 2 aromatic rings. The van der Waals surface area contributed by atoms with E-state index in [0.29, 0.717) is 10.8 Å². The molecule has 1 aromatic heterocycles. The molecular weight excluding hydrogens is 371 g/mol. The first-order valence-corrected chi connectivity index (χ1v) is 6.74. The predicted octanol–water partition coefficient (Wildman–Crippen LogP) is 4.01. The van der Waals surface area contributed by atoms with Gasteiger partial charge in [0.1, 0.15) is 11.8 Å². The summed E-state index contributed by atoms with van der Waals surface area (Å²) in [5, 5.41) is 0.616. The number of hydrogen-bond acceptors (Lipinski definition) is 3. The second-order valence-electron chi connectivity index (χ2n) is 3.40. The zero-order valence-corrected chi connectivity index (χ0v) is 12.5. The predicted molar refractivity (Wildman–Crippen MR) is 74.7 cm³/mol. The molecule has 0 saturated carbocycles. The Kier molecular flexibility index (Phi) is 4.27. The Bertz CT molecular complexity index is 530. The second kappa shape index (κ2) is 5.54. The van der Waals surface area contributed by atoms with E-state index in [9.17, 15) is 0 Å². The number of hydrazine groups is 1. The molecule has 0 radical (unpaired) electrons. The minimum absolute atomic E-state index is 0.292. The van der Waals surface area contributed by atoms with Gasteiger partial charge < -0.3 is 4.42 Å². The van der Waals surface area contributed by atoms with Gasteiger partial charge in [0.05, 0.1) is 10.7 Å². The SMILES string of the molecule is NNC(c1ccc(Br)cc1Cl)c1occc1Br. The van der Waals surface area contributed by atoms with Gasteiger partial charge in [-0.3, -0.25) is 5.84 Å². The van der Waals surface area contributed by atoms with Crippen LogP contribution in [0, 0.1) is 0 Å². The summed E-state index contributed by atoms with van der Waals surface area (Å²) in [6.07, 6.45) is 1.59. The Balaban J connectivity index is 2.46. The summed E-state index contributed by atoms with van der Waals surface area (Å²) in [5.41, 5.74) is 3.55. The van der Waals surface area contributed by atoms with Crippen molar-refractivity contribution in [1.82, 2.24) is 5.43 Å². The van der Waals surface area contributed by atoms with Gasteiger partial charge >= 0.3 is 0 Å². The molecule has 0 spiro atoms. The number of benzene rings is 1. The Morgan fingerprint density at radius 1 is 1.29 bits per heavy atom. The van der Waals surface area contributed by atoms with Crippen LogP contribution in [0.1, 0.15) is 17.4 Å². The van der Waals surface area contributed by atoms with Gasteiger partial charge in [-0.1, -0.05) is 33.6 Å². The van der Waals surface area contributed by atoms with Gasteiger partial charge in [-0.15, -0.1) is 0 Å². The molecule has 0 fully saturated rings. The standard InChI is InChI=1S/C11H9Br2ClN2O/c12-6-1-2-7(9(14)5-6)10(16-15)11-8(13)3-4-17-11/h1-5,10,16H,15H2. The number of hydrogen-bond donors (Lipinski definition) is 2. The number of nitrogens with two attached hydrogens (primary N) is 1. The van der Waals surface area contributed by atoms with Gasteiger partial charge in [-0.25, -0.2) is 5.43 Å². The monoisotopic (exact) mass is 378 g/mol. The maximum atomic E-state index is 6.19. The van der Waals surface area contributed by atoms with Crippen molar-refractivity contribution >= 4 is 43.5 Å². The van der Waals surface area contributed by atoms with Crippen molar-refractivity contribution in [2.45, 2.75) is 6.04 Å². The lowest BCUT2D eigenvalue weighted by Crippen LogP contribution is -2.29. The van der Waals surface area contributed by atoms with Crippen LogP contribution in [0.2, 0.25) is 5.02 Å². The lowest BCUT2D eigenvalue weighted by atomic mass is 10.1. The fourth-order valence-corrected chi connectivity index (χ4v) is 2.77. The molecule has 1 unspecified atom stereocenters. The van der Waals surface area contributed by atoms with E-state index in [1.54, 1.807) is 6.26 Å². The average Bonchev–Trinajstić information content (AvgIpc) is 2.69. The molecular formula is C11H9Br2ClN2O. The summed E-state index contributed by atoms with van der Waals surface area (Å²) < 4.78 is 7.16. The van der Waals surface area contributed by atoms with Gasteiger partial charge in [0, 0.05) is 9.50 Å². The van der Waals surface area contributed by atoms with Crippen molar-refractivity contribution < 1.29 is 4.42 Å². The van der Waals surface area contributed by atoms with Gasteiger partial charge in [0.15, 0.2) is 0 Å². The molecule has 0 amide bonds. The smallest absolute Gasteiger partial charge is 0.140 e. The Morgan fingerprint density at radius 3 is 2.59 bits per heavy atom. The van der Waals surface area contributed by atoms with Crippen molar-refractivity contribution in [2.24, 2.45) is 5.84 Å². The summed E-state index contributed by atoms with van der Waals surface area (Å²) >= 11 is 13.0. The lowest BCUT2D eigenvalue weighted by Gasteiger charge is -2.16. The van der Waals surface area contributed by atoms with Crippen LogP contribution in [-0.4, -0.2) is 0 Å². The van der Waals surface area contributed by atoms with Crippen LogP contribution in [0.3, 0.4) is 0 Å². The molecule has 1 atom stereocenters. The van der Waals surface area contributed by atoms with E-state index in [1.807, 2.05) is 24.3 Å². The molecule has 3 nitrogen and oxygen atoms in total. The van der Waals surface area contributed by atoms with Crippen molar-refractivity contribution in [3.05, 3.63) is 55.8 Å². The molecule has 0 aliphatic carbocycles. The van der Waals surface area contributed by atoms with Crippen LogP contribution < -0.4 is 11.3 Å². The minimum atomic E-state index is -0.292. The molecule has 0 aliphatic rings. The highest BCUT2D eigenvalue weighted by Gasteiger charge is 2.21. The first-order chi connectivity index (χ1) is 8.13. The molecule has 2 rings (SSSR count). The number of nitrogens with one attached hydrogen (secondary N) is 1.